The van der Waals surface area contributed by atoms with Gasteiger partial charge < -0.3 is 31.7 Å². The maximum atomic E-state index is 12.1. The second-order valence-electron chi connectivity index (χ2n) is 9.26. The van der Waals surface area contributed by atoms with Crippen LogP contribution >= 0.6 is 7.82 Å². The van der Waals surface area contributed by atoms with Crippen LogP contribution in [0.2, 0.25) is 0 Å². The van der Waals surface area contributed by atoms with Crippen LogP contribution in [0.15, 0.2) is 0 Å². The Kier molecular flexibility index (Phi) is 18.2. The number of phosphoric acid groups is 1. The minimum absolute atomic E-state index is 0.0618. The maximum Gasteiger partial charge on any atom is 0.474 e. The molecule has 0 heterocycles. The minimum Gasteiger partial charge on any atom is -0.362 e. The average molecular weight is 499 g/mol. The molecule has 10 heteroatoms. The zero-order valence-corrected chi connectivity index (χ0v) is 21.8. The van der Waals surface area contributed by atoms with Gasteiger partial charge in [0.1, 0.15) is 0 Å². The van der Waals surface area contributed by atoms with Crippen LogP contribution < -0.4 is 11.5 Å². The molecule has 0 amide bonds. The molecule has 200 valence electrons. The lowest BCUT2D eigenvalue weighted by molar-refractivity contribution is -0.346. The third kappa shape index (κ3) is 15.5. The molecule has 0 aromatic heterocycles. The quantitative estimate of drug-likeness (QED) is 0.0691. The van der Waals surface area contributed by atoms with Gasteiger partial charge in [0.15, 0.2) is 0 Å². The van der Waals surface area contributed by atoms with Crippen molar-refractivity contribution >= 4 is 7.82 Å². The lowest BCUT2D eigenvalue weighted by Crippen LogP contribution is -2.66. The van der Waals surface area contributed by atoms with E-state index in [9.17, 15) is 24.8 Å². The number of nitrogens with two attached hydrogens (primary N) is 2. The van der Waals surface area contributed by atoms with Crippen molar-refractivity contribution in [1.29, 1.82) is 0 Å². The van der Waals surface area contributed by atoms with E-state index in [1.807, 2.05) is 0 Å². The molecule has 0 fully saturated rings. The van der Waals surface area contributed by atoms with Gasteiger partial charge in [-0.1, -0.05) is 103 Å². The first-order chi connectivity index (χ1) is 15.5. The van der Waals surface area contributed by atoms with Gasteiger partial charge in [-0.05, 0) is 13.3 Å². The summed E-state index contributed by atoms with van der Waals surface area (Å²) in [6.45, 7) is 2.55. The SMILES string of the molecule is CCCCCCCCCCCCCCCCCCOP(=O)(O)OC(O)(C(N)CN)C(C)(O)O. The highest BCUT2D eigenvalue weighted by Gasteiger charge is 2.55. The summed E-state index contributed by atoms with van der Waals surface area (Å²) in [5.41, 5.74) is 10.9. The molecular formula is C23H51N2O7P. The van der Waals surface area contributed by atoms with Crippen LogP contribution in [0, 0.1) is 0 Å². The van der Waals surface area contributed by atoms with E-state index in [2.05, 4.69) is 11.4 Å². The van der Waals surface area contributed by atoms with E-state index in [4.69, 9.17) is 16.0 Å². The fraction of sp³-hybridized carbons (Fsp3) is 1.00. The number of rotatable bonds is 23. The molecule has 3 unspecified atom stereocenters. The lowest BCUT2D eigenvalue weighted by atomic mass is 10.00. The molecule has 8 N–H and O–H groups in total. The van der Waals surface area contributed by atoms with E-state index in [0.717, 1.165) is 26.2 Å². The summed E-state index contributed by atoms with van der Waals surface area (Å²) in [7, 11) is -4.77. The smallest absolute Gasteiger partial charge is 0.362 e. The second kappa shape index (κ2) is 18.2. The molecule has 9 nitrogen and oxygen atoms in total. The third-order valence-corrected chi connectivity index (χ3v) is 6.96. The van der Waals surface area contributed by atoms with Gasteiger partial charge in [-0.2, -0.15) is 0 Å². The van der Waals surface area contributed by atoms with Crippen molar-refractivity contribution in [2.75, 3.05) is 13.2 Å². The van der Waals surface area contributed by atoms with Crippen molar-refractivity contribution in [3.63, 3.8) is 0 Å². The van der Waals surface area contributed by atoms with Crippen LogP contribution in [-0.4, -0.2) is 51.0 Å². The molecule has 0 aliphatic carbocycles. The molecule has 0 aromatic carbocycles. The summed E-state index contributed by atoms with van der Waals surface area (Å²) in [6, 6.07) is -1.52. The van der Waals surface area contributed by atoms with Gasteiger partial charge in [0.05, 0.1) is 12.6 Å². The van der Waals surface area contributed by atoms with Crippen molar-refractivity contribution in [3.8, 4) is 0 Å². The van der Waals surface area contributed by atoms with Crippen LogP contribution in [0.1, 0.15) is 117 Å². The van der Waals surface area contributed by atoms with Crippen molar-refractivity contribution in [2.24, 2.45) is 11.5 Å². The zero-order chi connectivity index (χ0) is 25.2. The zero-order valence-electron chi connectivity index (χ0n) is 20.9. The Morgan fingerprint density at radius 3 is 1.48 bits per heavy atom. The Hall–Kier alpha value is -0.0900. The van der Waals surface area contributed by atoms with E-state index < -0.39 is 32.0 Å². The fourth-order valence-corrected chi connectivity index (χ4v) is 4.77. The van der Waals surface area contributed by atoms with E-state index in [1.165, 1.54) is 77.0 Å². The third-order valence-electron chi connectivity index (χ3n) is 5.94. The Balaban J connectivity index is 3.75. The number of phosphoric ester groups is 1. The fourth-order valence-electron chi connectivity index (χ4n) is 3.70. The van der Waals surface area contributed by atoms with E-state index in [0.29, 0.717) is 6.42 Å². The Morgan fingerprint density at radius 2 is 1.15 bits per heavy atom. The van der Waals surface area contributed by atoms with Crippen LogP contribution in [0.5, 0.6) is 0 Å². The minimum atomic E-state index is -4.77. The van der Waals surface area contributed by atoms with E-state index in [-0.39, 0.29) is 6.61 Å². The van der Waals surface area contributed by atoms with E-state index >= 15 is 0 Å². The van der Waals surface area contributed by atoms with Gasteiger partial charge in [-0.3, -0.25) is 4.52 Å². The predicted octanol–water partition coefficient (Wildman–Crippen LogP) is 4.06. The standard InChI is InChI=1S/C23H51N2O7P/c1-3-4-5-6-7-8-9-10-11-12-13-14-15-16-17-18-19-31-33(29,30)32-23(28,21(25)20-24)22(2,26)27/h21,26-28H,3-20,24-25H2,1-2H3,(H,29,30). The summed E-state index contributed by atoms with van der Waals surface area (Å²) in [5, 5.41) is 29.6. The first-order valence-electron chi connectivity index (χ1n) is 12.8. The molecule has 3 atom stereocenters. The normalized spacial score (nSPS) is 17.0. The topological polar surface area (TPSA) is 168 Å². The van der Waals surface area contributed by atoms with Crippen LogP contribution in [0.4, 0.5) is 0 Å². The number of unbranched alkanes of at least 4 members (excludes halogenated alkanes) is 15. The molecule has 0 radical (unpaired) electrons. The molecule has 0 aromatic rings. The number of hydrogen-bond acceptors (Lipinski definition) is 8. The molecule has 0 saturated carbocycles. The van der Waals surface area contributed by atoms with Gasteiger partial charge >= 0.3 is 7.82 Å². The Bertz CT molecular complexity index is 520. The van der Waals surface area contributed by atoms with Gasteiger partial charge in [0.25, 0.3) is 0 Å². The largest absolute Gasteiger partial charge is 0.474 e. The highest BCUT2D eigenvalue weighted by molar-refractivity contribution is 7.47. The van der Waals surface area contributed by atoms with Crippen LogP contribution in [0.25, 0.3) is 0 Å². The molecule has 33 heavy (non-hydrogen) atoms. The monoisotopic (exact) mass is 498 g/mol. The highest BCUT2D eigenvalue weighted by Crippen LogP contribution is 2.49. The summed E-state index contributed by atoms with van der Waals surface area (Å²) >= 11 is 0. The van der Waals surface area contributed by atoms with Crippen molar-refractivity contribution in [3.05, 3.63) is 0 Å². The van der Waals surface area contributed by atoms with E-state index in [1.54, 1.807) is 0 Å². The Morgan fingerprint density at radius 1 is 0.788 bits per heavy atom. The molecule has 0 bridgehead atoms. The highest BCUT2D eigenvalue weighted by atomic mass is 31.2. The molecular weight excluding hydrogens is 447 g/mol. The summed E-state index contributed by atoms with van der Waals surface area (Å²) in [5.74, 6) is -5.87. The van der Waals surface area contributed by atoms with Gasteiger partial charge in [-0.15, -0.1) is 0 Å². The number of hydrogen-bond donors (Lipinski definition) is 6. The summed E-state index contributed by atoms with van der Waals surface area (Å²) < 4.78 is 21.5. The molecule has 0 rings (SSSR count). The summed E-state index contributed by atoms with van der Waals surface area (Å²) in [6.07, 6.45) is 19.4. The molecule has 0 aliphatic heterocycles. The molecule has 0 saturated heterocycles. The maximum absolute atomic E-state index is 12.1. The van der Waals surface area contributed by atoms with Crippen LogP contribution in [0.3, 0.4) is 0 Å². The number of aliphatic hydroxyl groups is 3. The van der Waals surface area contributed by atoms with Crippen molar-refractivity contribution in [1.82, 2.24) is 0 Å². The predicted molar refractivity (Wildman–Crippen MR) is 131 cm³/mol. The van der Waals surface area contributed by atoms with Crippen LogP contribution in [-0.2, 0) is 13.6 Å². The van der Waals surface area contributed by atoms with Crippen molar-refractivity contribution < 1.29 is 33.8 Å². The molecule has 0 spiro atoms. The Labute approximate surface area is 200 Å². The second-order valence-corrected chi connectivity index (χ2v) is 10.6. The van der Waals surface area contributed by atoms with Gasteiger partial charge in [0.2, 0.25) is 11.6 Å². The summed E-state index contributed by atoms with van der Waals surface area (Å²) in [4.78, 5) is 9.82. The van der Waals surface area contributed by atoms with Gasteiger partial charge in [-0.25, -0.2) is 9.09 Å². The average Bonchev–Trinajstić information content (AvgIpc) is 2.74. The first-order valence-corrected chi connectivity index (χ1v) is 14.3. The molecule has 0 aliphatic rings. The van der Waals surface area contributed by atoms with Gasteiger partial charge in [0, 0.05) is 6.54 Å². The first kappa shape index (κ1) is 32.9. The van der Waals surface area contributed by atoms with Crippen molar-refractivity contribution in [2.45, 2.75) is 134 Å². The lowest BCUT2D eigenvalue weighted by Gasteiger charge is -2.40.